The van der Waals surface area contributed by atoms with Crippen LogP contribution in [0.15, 0.2) is 37.2 Å². The van der Waals surface area contributed by atoms with Gasteiger partial charge in [-0.15, -0.1) is 0 Å². The third kappa shape index (κ3) is 1.76. The van der Waals surface area contributed by atoms with Gasteiger partial charge in [0.05, 0.1) is 24.1 Å². The van der Waals surface area contributed by atoms with Crippen LogP contribution in [0.3, 0.4) is 0 Å². The summed E-state index contributed by atoms with van der Waals surface area (Å²) >= 11 is 0. The van der Waals surface area contributed by atoms with Crippen LogP contribution in [0.25, 0.3) is 5.65 Å². The second-order valence-corrected chi connectivity index (χ2v) is 4.25. The Labute approximate surface area is 104 Å². The zero-order chi connectivity index (χ0) is 12.5. The molecule has 6 nitrogen and oxygen atoms in total. The molecular formula is C12H14N6. The largest absolute Gasteiger partial charge is 0.338 e. The molecule has 0 bridgehead atoms. The highest BCUT2D eigenvalue weighted by Crippen LogP contribution is 2.16. The van der Waals surface area contributed by atoms with E-state index in [0.717, 1.165) is 17.2 Å². The number of aryl methyl sites for hydroxylation is 1. The van der Waals surface area contributed by atoms with E-state index in [9.17, 15) is 0 Å². The van der Waals surface area contributed by atoms with Crippen LogP contribution in [0.2, 0.25) is 0 Å². The summed E-state index contributed by atoms with van der Waals surface area (Å²) in [5, 5.41) is 0. The van der Waals surface area contributed by atoms with Gasteiger partial charge in [-0.05, 0) is 0 Å². The lowest BCUT2D eigenvalue weighted by Gasteiger charge is -2.11. The van der Waals surface area contributed by atoms with Crippen molar-refractivity contribution in [1.29, 1.82) is 0 Å². The van der Waals surface area contributed by atoms with Crippen LogP contribution in [-0.4, -0.2) is 23.9 Å². The van der Waals surface area contributed by atoms with Gasteiger partial charge in [-0.2, -0.15) is 0 Å². The molecule has 0 spiro atoms. The molecule has 0 aliphatic carbocycles. The molecule has 3 aromatic rings. The van der Waals surface area contributed by atoms with E-state index in [1.54, 1.807) is 24.8 Å². The summed E-state index contributed by atoms with van der Waals surface area (Å²) in [5.74, 6) is 0.964. The van der Waals surface area contributed by atoms with Crippen LogP contribution < -0.4 is 5.73 Å². The number of fused-ring (bicyclic) bond motifs is 1. The molecule has 0 aliphatic heterocycles. The van der Waals surface area contributed by atoms with Crippen LogP contribution >= 0.6 is 0 Å². The second kappa shape index (κ2) is 4.23. The van der Waals surface area contributed by atoms with Crippen molar-refractivity contribution in [3.63, 3.8) is 0 Å². The lowest BCUT2D eigenvalue weighted by molar-refractivity contribution is 0.639. The summed E-state index contributed by atoms with van der Waals surface area (Å²) in [6, 6.07) is -0.136. The van der Waals surface area contributed by atoms with Crippen molar-refractivity contribution in [3.8, 4) is 0 Å². The first-order valence-corrected chi connectivity index (χ1v) is 5.74. The molecule has 1 unspecified atom stereocenters. The molecule has 2 N–H and O–H groups in total. The number of aromatic nitrogens is 5. The molecule has 0 saturated carbocycles. The van der Waals surface area contributed by atoms with Crippen LogP contribution in [0, 0.1) is 0 Å². The fourth-order valence-corrected chi connectivity index (χ4v) is 2.03. The molecule has 0 radical (unpaired) electrons. The quantitative estimate of drug-likeness (QED) is 0.734. The topological polar surface area (TPSA) is 74.0 Å². The fraction of sp³-hybridized carbons (Fsp3) is 0.250. The Kier molecular flexibility index (Phi) is 2.56. The molecular weight excluding hydrogens is 228 g/mol. The summed E-state index contributed by atoms with van der Waals surface area (Å²) in [5.41, 5.74) is 8.01. The molecule has 3 heterocycles. The zero-order valence-electron chi connectivity index (χ0n) is 10.1. The normalized spacial score (nSPS) is 13.0. The van der Waals surface area contributed by atoms with Gasteiger partial charge in [0, 0.05) is 38.3 Å². The fourth-order valence-electron chi connectivity index (χ4n) is 2.03. The Balaban J connectivity index is 1.93. The third-order valence-corrected chi connectivity index (χ3v) is 3.05. The van der Waals surface area contributed by atoms with Crippen LogP contribution in [0.4, 0.5) is 0 Å². The Morgan fingerprint density at radius 3 is 2.89 bits per heavy atom. The predicted octanol–water partition coefficient (Wildman–Crippen LogP) is 0.705. The summed E-state index contributed by atoms with van der Waals surface area (Å²) < 4.78 is 3.94. The Morgan fingerprint density at radius 1 is 1.22 bits per heavy atom. The number of nitrogens with two attached hydrogens (primary N) is 1. The van der Waals surface area contributed by atoms with E-state index in [4.69, 9.17) is 5.73 Å². The van der Waals surface area contributed by atoms with E-state index in [2.05, 4.69) is 15.0 Å². The minimum Gasteiger partial charge on any atom is -0.338 e. The van der Waals surface area contributed by atoms with E-state index in [0.29, 0.717) is 6.42 Å². The van der Waals surface area contributed by atoms with E-state index in [1.807, 2.05) is 28.4 Å². The standard InChI is InChI=1S/C12H14N6/c1-17-4-3-15-11(17)6-9(13)10-7-16-12-8-14-2-5-18(10)12/h2-5,7-9H,6,13H2,1H3. The van der Waals surface area contributed by atoms with Gasteiger partial charge in [-0.25, -0.2) is 9.97 Å². The van der Waals surface area contributed by atoms with Gasteiger partial charge in [0.1, 0.15) is 5.82 Å². The molecule has 0 saturated heterocycles. The summed E-state index contributed by atoms with van der Waals surface area (Å²) in [6.07, 6.45) is 11.5. The highest BCUT2D eigenvalue weighted by molar-refractivity contribution is 5.37. The second-order valence-electron chi connectivity index (χ2n) is 4.25. The zero-order valence-corrected chi connectivity index (χ0v) is 10.1. The van der Waals surface area contributed by atoms with E-state index >= 15 is 0 Å². The van der Waals surface area contributed by atoms with E-state index in [-0.39, 0.29) is 6.04 Å². The van der Waals surface area contributed by atoms with Crippen molar-refractivity contribution in [2.45, 2.75) is 12.5 Å². The van der Waals surface area contributed by atoms with Crippen molar-refractivity contribution in [2.24, 2.45) is 12.8 Å². The van der Waals surface area contributed by atoms with Crippen molar-refractivity contribution < 1.29 is 0 Å². The predicted molar refractivity (Wildman–Crippen MR) is 66.8 cm³/mol. The lowest BCUT2D eigenvalue weighted by Crippen LogP contribution is -2.17. The molecule has 0 amide bonds. The first kappa shape index (κ1) is 10.9. The molecule has 0 aliphatic rings. The summed E-state index contributed by atoms with van der Waals surface area (Å²) in [6.45, 7) is 0. The first-order chi connectivity index (χ1) is 8.75. The molecule has 3 aromatic heterocycles. The van der Waals surface area contributed by atoms with Gasteiger partial charge in [-0.1, -0.05) is 0 Å². The minimum absolute atomic E-state index is 0.136. The molecule has 6 heteroatoms. The Hall–Kier alpha value is -2.21. The minimum atomic E-state index is -0.136. The van der Waals surface area contributed by atoms with Gasteiger partial charge in [0.25, 0.3) is 0 Å². The van der Waals surface area contributed by atoms with Gasteiger partial charge >= 0.3 is 0 Å². The average Bonchev–Trinajstić information content (AvgIpc) is 2.96. The summed E-state index contributed by atoms with van der Waals surface area (Å²) in [7, 11) is 1.97. The number of hydrogen-bond donors (Lipinski definition) is 1. The van der Waals surface area contributed by atoms with Gasteiger partial charge in [-0.3, -0.25) is 9.38 Å². The average molecular weight is 242 g/mol. The van der Waals surface area contributed by atoms with Crippen molar-refractivity contribution in [2.75, 3.05) is 0 Å². The number of hydrogen-bond acceptors (Lipinski definition) is 4. The molecule has 3 rings (SSSR count). The maximum atomic E-state index is 6.23. The Bertz CT molecular complexity index is 668. The molecule has 0 aromatic carbocycles. The highest BCUT2D eigenvalue weighted by atomic mass is 15.1. The van der Waals surface area contributed by atoms with Crippen molar-refractivity contribution in [1.82, 2.24) is 23.9 Å². The third-order valence-electron chi connectivity index (χ3n) is 3.05. The molecule has 1 atom stereocenters. The number of nitrogens with zero attached hydrogens (tertiary/aromatic N) is 5. The lowest BCUT2D eigenvalue weighted by atomic mass is 10.1. The number of rotatable bonds is 3. The maximum absolute atomic E-state index is 6.23. The van der Waals surface area contributed by atoms with Gasteiger partial charge < -0.3 is 10.3 Å². The SMILES string of the molecule is Cn1ccnc1CC(N)c1cnc2cnccn12. The maximum Gasteiger partial charge on any atom is 0.155 e. The molecule has 18 heavy (non-hydrogen) atoms. The first-order valence-electron chi connectivity index (χ1n) is 5.74. The Morgan fingerprint density at radius 2 is 2.11 bits per heavy atom. The molecule has 0 fully saturated rings. The van der Waals surface area contributed by atoms with Crippen LogP contribution in [0.5, 0.6) is 0 Å². The van der Waals surface area contributed by atoms with Crippen LogP contribution in [-0.2, 0) is 13.5 Å². The van der Waals surface area contributed by atoms with Crippen LogP contribution in [0.1, 0.15) is 17.6 Å². The van der Waals surface area contributed by atoms with Crippen molar-refractivity contribution in [3.05, 3.63) is 48.7 Å². The van der Waals surface area contributed by atoms with Gasteiger partial charge in [0.2, 0.25) is 0 Å². The van der Waals surface area contributed by atoms with Gasteiger partial charge in [0.15, 0.2) is 5.65 Å². The monoisotopic (exact) mass is 242 g/mol. The highest BCUT2D eigenvalue weighted by Gasteiger charge is 2.14. The van der Waals surface area contributed by atoms with E-state index in [1.165, 1.54) is 0 Å². The smallest absolute Gasteiger partial charge is 0.155 e. The number of imidazole rings is 2. The van der Waals surface area contributed by atoms with Crippen molar-refractivity contribution >= 4 is 5.65 Å². The summed E-state index contributed by atoms with van der Waals surface area (Å²) in [4.78, 5) is 12.6. The van der Waals surface area contributed by atoms with E-state index < -0.39 is 0 Å². The molecule has 92 valence electrons.